The summed E-state index contributed by atoms with van der Waals surface area (Å²) in [5.41, 5.74) is 7.59. The summed E-state index contributed by atoms with van der Waals surface area (Å²) >= 11 is 0. The highest BCUT2D eigenvalue weighted by Gasteiger charge is 2.32. The molecule has 0 spiro atoms. The number of aromatic nitrogens is 1. The van der Waals surface area contributed by atoms with Crippen LogP contribution < -0.4 is 30.9 Å². The normalized spacial score (nSPS) is 13.6. The molecule has 1 aliphatic heterocycles. The van der Waals surface area contributed by atoms with Gasteiger partial charge >= 0.3 is 12.3 Å². The van der Waals surface area contributed by atoms with E-state index in [0.717, 1.165) is 36.7 Å². The van der Waals surface area contributed by atoms with Crippen molar-refractivity contribution in [1.82, 2.24) is 14.5 Å². The summed E-state index contributed by atoms with van der Waals surface area (Å²) in [6, 6.07) is 24.4. The summed E-state index contributed by atoms with van der Waals surface area (Å²) in [6.45, 7) is 6.56. The number of aromatic amines is 1. The van der Waals surface area contributed by atoms with E-state index in [-0.39, 0.29) is 42.4 Å². The number of fused-ring (bicyclic) bond motifs is 6. The van der Waals surface area contributed by atoms with E-state index in [2.05, 4.69) is 84.1 Å². The van der Waals surface area contributed by atoms with Crippen molar-refractivity contribution in [2.75, 3.05) is 51.0 Å². The topological polar surface area (TPSA) is 123 Å². The van der Waals surface area contributed by atoms with E-state index < -0.39 is 6.18 Å². The number of carbonyl (C=O) groups is 2. The molecule has 0 radical (unpaired) electrons. The average molecular weight is 783 g/mol. The molecule has 298 valence electrons. The Kier molecular flexibility index (Phi) is 12.8. The molecule has 1 aromatic heterocycles. The molecule has 1 aliphatic carbocycles. The Labute approximate surface area is 328 Å². The van der Waals surface area contributed by atoms with Gasteiger partial charge in [0.2, 0.25) is 17.2 Å². The highest BCUT2D eigenvalue weighted by molar-refractivity contribution is 6.07. The zero-order valence-electron chi connectivity index (χ0n) is 33.0. The summed E-state index contributed by atoms with van der Waals surface area (Å²) in [6.07, 6.45) is 1.81. The van der Waals surface area contributed by atoms with Crippen molar-refractivity contribution in [3.8, 4) is 0 Å². The first-order valence-corrected chi connectivity index (χ1v) is 18.6. The van der Waals surface area contributed by atoms with Crippen LogP contribution in [0.4, 0.5) is 24.5 Å². The Morgan fingerprint density at radius 3 is 2.30 bits per heavy atom. The zero-order valence-corrected chi connectivity index (χ0v) is 33.0. The fourth-order valence-corrected chi connectivity index (χ4v) is 7.60. The van der Waals surface area contributed by atoms with Crippen LogP contribution in [0.15, 0.2) is 77.6 Å². The fourth-order valence-electron chi connectivity index (χ4n) is 7.60. The molecule has 10 nitrogen and oxygen atoms in total. The van der Waals surface area contributed by atoms with Crippen LogP contribution in [-0.4, -0.2) is 74.8 Å². The number of nitrogens with zero attached hydrogens (tertiary/aromatic N) is 3. The highest BCUT2D eigenvalue weighted by Crippen LogP contribution is 2.37. The lowest BCUT2D eigenvalue weighted by molar-refractivity contribution is -0.191. The first-order chi connectivity index (χ1) is 26.9. The Balaban J connectivity index is 0.000000711. The van der Waals surface area contributed by atoms with Crippen molar-refractivity contribution >= 4 is 57.1 Å². The minimum Gasteiger partial charge on any atom is -0.378 e. The van der Waals surface area contributed by atoms with Gasteiger partial charge in [-0.05, 0) is 82.3 Å². The largest absolute Gasteiger partial charge is 0.386 e. The minimum atomic E-state index is -4.00. The molecule has 0 saturated carbocycles. The van der Waals surface area contributed by atoms with Crippen LogP contribution in [-0.2, 0) is 31.0 Å². The van der Waals surface area contributed by atoms with E-state index in [0.29, 0.717) is 29.4 Å². The maximum atomic E-state index is 13.1. The highest BCUT2D eigenvalue weighted by atomic mass is 19.4. The monoisotopic (exact) mass is 782 g/mol. The third-order valence-electron chi connectivity index (χ3n) is 10.3. The third kappa shape index (κ3) is 10.0. The second-order valence-electron chi connectivity index (χ2n) is 15.1. The molecule has 7 rings (SSSR count). The Hall–Kier alpha value is -6.07. The lowest BCUT2D eigenvalue weighted by Crippen LogP contribution is -2.42. The van der Waals surface area contributed by atoms with Gasteiger partial charge in [0.1, 0.15) is 13.1 Å². The summed E-state index contributed by atoms with van der Waals surface area (Å²) in [5.74, 6) is -0.318. The first kappa shape index (κ1) is 42.1. The van der Waals surface area contributed by atoms with Crippen molar-refractivity contribution in [2.45, 2.75) is 58.0 Å². The zero-order chi connectivity index (χ0) is 41.7. The summed E-state index contributed by atoms with van der Waals surface area (Å²) in [7, 11) is 5.85. The predicted molar refractivity (Wildman–Crippen MR) is 216 cm³/mol. The molecule has 2 amide bonds. The summed E-state index contributed by atoms with van der Waals surface area (Å²) in [5, 5.41) is 7.79. The van der Waals surface area contributed by atoms with Gasteiger partial charge in [-0.15, -0.1) is 0 Å². The van der Waals surface area contributed by atoms with Crippen LogP contribution in [0.5, 0.6) is 0 Å². The molecule has 0 atom stereocenters. The number of alkyl halides is 3. The molecule has 0 bridgehead atoms. The second-order valence-corrected chi connectivity index (χ2v) is 15.1. The van der Waals surface area contributed by atoms with Gasteiger partial charge in [-0.1, -0.05) is 38.1 Å². The molecule has 57 heavy (non-hydrogen) atoms. The van der Waals surface area contributed by atoms with Crippen LogP contribution in [0.3, 0.4) is 0 Å². The van der Waals surface area contributed by atoms with Gasteiger partial charge in [0, 0.05) is 92.0 Å². The number of H-pyrrole nitrogens is 1. The van der Waals surface area contributed by atoms with Gasteiger partial charge in [-0.3, -0.25) is 14.4 Å². The smallest absolute Gasteiger partial charge is 0.378 e. The number of hydrogen-bond donors (Lipinski definition) is 2. The maximum absolute atomic E-state index is 13.1. The maximum Gasteiger partial charge on any atom is 0.386 e. The van der Waals surface area contributed by atoms with Gasteiger partial charge in [0.25, 0.3) is 5.56 Å². The van der Waals surface area contributed by atoms with Crippen molar-refractivity contribution in [3.63, 3.8) is 0 Å². The van der Waals surface area contributed by atoms with Crippen molar-refractivity contribution in [1.29, 1.82) is 0 Å². The van der Waals surface area contributed by atoms with Crippen LogP contribution in [0, 0.1) is 0 Å². The second kappa shape index (κ2) is 17.4. The summed E-state index contributed by atoms with van der Waals surface area (Å²) in [4.78, 5) is 61.3. The molecule has 4 aromatic carbocycles. The molecule has 0 fully saturated rings. The van der Waals surface area contributed by atoms with Crippen molar-refractivity contribution in [3.05, 3.63) is 116 Å². The number of nitrogens with one attached hydrogen (secondary N) is 2. The van der Waals surface area contributed by atoms with Gasteiger partial charge < -0.3 is 20.1 Å². The molecule has 2 heterocycles. The average Bonchev–Trinajstić information content (AvgIpc) is 3.14. The van der Waals surface area contributed by atoms with Crippen LogP contribution in [0.1, 0.15) is 62.3 Å². The number of rotatable bonds is 8. The number of anilines is 2. The number of halogens is 3. The Morgan fingerprint density at radius 1 is 0.930 bits per heavy atom. The van der Waals surface area contributed by atoms with Crippen LogP contribution in [0.2, 0.25) is 0 Å². The quantitative estimate of drug-likeness (QED) is 0.158. The molecule has 0 saturated heterocycles. The van der Waals surface area contributed by atoms with Gasteiger partial charge in [-0.25, -0.2) is 4.58 Å². The molecule has 13 heteroatoms. The minimum absolute atomic E-state index is 0.0372. The van der Waals surface area contributed by atoms with Gasteiger partial charge in [0.15, 0.2) is 0 Å². The first-order valence-electron chi connectivity index (χ1n) is 18.6. The molecular formula is C44H47F3N5O5+. The lowest BCUT2D eigenvalue weighted by atomic mass is 9.71. The number of amides is 2. The number of benzene rings is 4. The van der Waals surface area contributed by atoms with E-state index in [1.54, 1.807) is 25.2 Å². The van der Waals surface area contributed by atoms with E-state index in [1.165, 1.54) is 43.4 Å². The standard InChI is InChI=1S/C41H43N5O3.C2H3F3.CO2/c1-41(2)34-23-30(44(3)4)16-14-26(34)20-28-21-27-10-8-18-46(37(27)24-35(28)41)19-9-13-39(48)45(5)25-38(47)42-29-15-17-36-33(22-29)31-11-6-7-12-32(31)40(49)43-36;1-2(3,4)5;2-1-3/h6-7,11-12,14-17,20-24H,8-10,13,18-19,25H2,1-5H3,(H-,42,43,47,49);1H3;/p+1. The van der Waals surface area contributed by atoms with Crippen LogP contribution >= 0.6 is 0 Å². The van der Waals surface area contributed by atoms with E-state index >= 15 is 0 Å². The van der Waals surface area contributed by atoms with Gasteiger partial charge in [0.05, 0.1) is 6.54 Å². The number of pyridine rings is 1. The number of hydrogen-bond acceptors (Lipinski definition) is 6. The van der Waals surface area contributed by atoms with E-state index in [1.807, 2.05) is 24.3 Å². The van der Waals surface area contributed by atoms with E-state index in [9.17, 15) is 27.6 Å². The third-order valence-corrected chi connectivity index (χ3v) is 10.3. The molecule has 5 aromatic rings. The number of likely N-dealkylation sites (N-methyl/N-ethyl adjacent to an activating group) is 1. The molecule has 2 N–H and O–H groups in total. The van der Waals surface area contributed by atoms with Crippen molar-refractivity contribution < 1.29 is 32.3 Å². The van der Waals surface area contributed by atoms with Gasteiger partial charge in [-0.2, -0.15) is 22.8 Å². The number of carbonyl (C=O) groups excluding carboxylic acids is 4. The lowest BCUT2D eigenvalue weighted by Gasteiger charge is -2.33. The Bertz CT molecular complexity index is 2550. The fraction of sp³-hybridized carbons (Fsp3) is 0.341. The predicted octanol–water partition coefficient (Wildman–Crippen LogP) is 5.52. The number of aryl methyl sites for hydroxylation is 1. The SMILES string of the molecule is CC(F)(F)F.CN(CC(=O)Nc1ccc2[nH]c(=O)c3ccccc3c2c1)C(=O)CCC[N+]1=c2cc3c(cc2CCC1)=Cc1ccc(N(C)C)cc1C3(C)C.O=C=O. The summed E-state index contributed by atoms with van der Waals surface area (Å²) < 4.78 is 33.5. The molecule has 0 unspecified atom stereocenters. The Morgan fingerprint density at radius 2 is 1.61 bits per heavy atom. The van der Waals surface area contributed by atoms with Crippen molar-refractivity contribution in [2.24, 2.45) is 0 Å². The van der Waals surface area contributed by atoms with Crippen LogP contribution in [0.25, 0.3) is 27.8 Å². The van der Waals surface area contributed by atoms with E-state index in [4.69, 9.17) is 9.59 Å². The molecular weight excluding hydrogens is 736 g/mol. The molecule has 2 aliphatic rings.